The van der Waals surface area contributed by atoms with E-state index in [9.17, 15) is 9.59 Å². The van der Waals surface area contributed by atoms with Crippen LogP contribution in [0.15, 0.2) is 24.3 Å². The predicted octanol–water partition coefficient (Wildman–Crippen LogP) is 3.33. The van der Waals surface area contributed by atoms with E-state index in [2.05, 4.69) is 19.2 Å². The van der Waals surface area contributed by atoms with Gasteiger partial charge in [0, 0.05) is 12.1 Å². The Labute approximate surface area is 119 Å². The smallest absolute Gasteiger partial charge is 0.238 e. The van der Waals surface area contributed by atoms with Crippen LogP contribution < -0.4 is 5.32 Å². The molecule has 3 rings (SSSR count). The van der Waals surface area contributed by atoms with Gasteiger partial charge in [0.25, 0.3) is 0 Å². The van der Waals surface area contributed by atoms with E-state index in [1.54, 1.807) is 0 Å². The van der Waals surface area contributed by atoms with Crippen LogP contribution >= 0.6 is 0 Å². The van der Waals surface area contributed by atoms with E-state index in [0.717, 1.165) is 17.7 Å². The fraction of sp³-hybridized carbons (Fsp3) is 0.529. The predicted molar refractivity (Wildman–Crippen MR) is 78.4 cm³/mol. The third-order valence-electron chi connectivity index (χ3n) is 5.59. The van der Waals surface area contributed by atoms with Crippen LogP contribution in [0.25, 0.3) is 0 Å². The van der Waals surface area contributed by atoms with Crippen LogP contribution in [-0.4, -0.2) is 11.7 Å². The average Bonchev–Trinajstić information content (AvgIpc) is 2.76. The molecule has 2 aliphatic rings. The van der Waals surface area contributed by atoms with Crippen molar-refractivity contribution in [3.8, 4) is 0 Å². The van der Waals surface area contributed by atoms with Crippen molar-refractivity contribution in [3.05, 3.63) is 29.8 Å². The summed E-state index contributed by atoms with van der Waals surface area (Å²) in [5.41, 5.74) is 0.884. The molecule has 0 heterocycles. The highest BCUT2D eigenvalue weighted by Gasteiger charge is 2.68. The van der Waals surface area contributed by atoms with Crippen molar-refractivity contribution < 1.29 is 9.59 Å². The molecule has 2 fully saturated rings. The van der Waals surface area contributed by atoms with Crippen LogP contribution in [0.2, 0.25) is 0 Å². The lowest BCUT2D eigenvalue weighted by atomic mass is 9.68. The zero-order valence-corrected chi connectivity index (χ0v) is 12.3. The number of hydrogen-bond donors (Lipinski definition) is 1. The number of hydrogen-bond acceptors (Lipinski definition) is 2. The van der Waals surface area contributed by atoms with Gasteiger partial charge < -0.3 is 5.32 Å². The van der Waals surface area contributed by atoms with Crippen LogP contribution in [0.3, 0.4) is 0 Å². The molecule has 3 heteroatoms. The molecule has 2 aliphatic carbocycles. The highest BCUT2D eigenvalue weighted by molar-refractivity contribution is 6.14. The Bertz CT molecular complexity index is 573. The number of Topliss-reactive ketones (excluding diaryl/α,β-unsaturated/α-hetero) is 1. The Morgan fingerprint density at radius 2 is 1.90 bits per heavy atom. The molecule has 2 atom stereocenters. The minimum Gasteiger partial charge on any atom is -0.325 e. The van der Waals surface area contributed by atoms with Crippen molar-refractivity contribution in [2.45, 2.75) is 40.0 Å². The maximum Gasteiger partial charge on any atom is 0.238 e. The number of fused-ring (bicyclic) bond motifs is 2. The molecule has 106 valence electrons. The largest absolute Gasteiger partial charge is 0.325 e. The van der Waals surface area contributed by atoms with Gasteiger partial charge in [-0.15, -0.1) is 0 Å². The van der Waals surface area contributed by atoms with Crippen molar-refractivity contribution in [1.82, 2.24) is 0 Å². The molecule has 1 amide bonds. The third-order valence-corrected chi connectivity index (χ3v) is 5.59. The fourth-order valence-corrected chi connectivity index (χ4v) is 4.08. The molecule has 1 aromatic rings. The van der Waals surface area contributed by atoms with Gasteiger partial charge in [-0.1, -0.05) is 31.5 Å². The second kappa shape index (κ2) is 4.18. The Kier molecular flexibility index (Phi) is 2.79. The number of ketones is 1. The van der Waals surface area contributed by atoms with Crippen LogP contribution in [-0.2, 0) is 9.59 Å². The monoisotopic (exact) mass is 271 g/mol. The molecular formula is C17H21NO2. The second-order valence-corrected chi connectivity index (χ2v) is 6.81. The number of amides is 1. The first-order chi connectivity index (χ1) is 9.38. The molecule has 2 bridgehead atoms. The van der Waals surface area contributed by atoms with Crippen molar-refractivity contribution in [2.75, 3.05) is 5.32 Å². The molecule has 2 saturated carbocycles. The van der Waals surface area contributed by atoms with Gasteiger partial charge >= 0.3 is 0 Å². The van der Waals surface area contributed by atoms with Gasteiger partial charge in [0.05, 0.1) is 0 Å². The number of anilines is 1. The summed E-state index contributed by atoms with van der Waals surface area (Å²) in [6.07, 6.45) is 2.25. The molecule has 0 aromatic heterocycles. The van der Waals surface area contributed by atoms with Crippen LogP contribution in [0.1, 0.15) is 38.7 Å². The van der Waals surface area contributed by atoms with E-state index in [1.165, 1.54) is 0 Å². The van der Waals surface area contributed by atoms with Crippen LogP contribution in [0.5, 0.6) is 0 Å². The molecular weight excluding hydrogens is 250 g/mol. The molecule has 0 aliphatic heterocycles. The topological polar surface area (TPSA) is 46.2 Å². The maximum atomic E-state index is 12.8. The van der Waals surface area contributed by atoms with Crippen molar-refractivity contribution in [2.24, 2.45) is 16.7 Å². The summed E-state index contributed by atoms with van der Waals surface area (Å²) in [6.45, 7) is 6.16. The minimum atomic E-state index is -0.817. The van der Waals surface area contributed by atoms with Gasteiger partial charge in [-0.25, -0.2) is 0 Å². The number of carbonyl (C=O) groups is 2. The summed E-state index contributed by atoms with van der Waals surface area (Å²) in [5, 5.41) is 2.96. The molecule has 2 unspecified atom stereocenters. The Balaban J connectivity index is 1.90. The summed E-state index contributed by atoms with van der Waals surface area (Å²) in [5.74, 6) is 0.374. The van der Waals surface area contributed by atoms with E-state index in [-0.39, 0.29) is 17.1 Å². The van der Waals surface area contributed by atoms with E-state index in [4.69, 9.17) is 0 Å². The van der Waals surface area contributed by atoms with Crippen molar-refractivity contribution in [1.29, 1.82) is 0 Å². The second-order valence-electron chi connectivity index (χ2n) is 6.81. The first-order valence-electron chi connectivity index (χ1n) is 7.29. The van der Waals surface area contributed by atoms with E-state index in [1.807, 2.05) is 31.2 Å². The van der Waals surface area contributed by atoms with Crippen LogP contribution in [0.4, 0.5) is 5.69 Å². The quantitative estimate of drug-likeness (QED) is 0.839. The first-order valence-corrected chi connectivity index (χ1v) is 7.29. The third kappa shape index (κ3) is 1.58. The first kappa shape index (κ1) is 13.3. The lowest BCUT2D eigenvalue weighted by Gasteiger charge is -2.34. The van der Waals surface area contributed by atoms with Gasteiger partial charge in [-0.3, -0.25) is 9.59 Å². The molecule has 20 heavy (non-hydrogen) atoms. The Morgan fingerprint density at radius 3 is 2.40 bits per heavy atom. The molecule has 1 aromatic carbocycles. The van der Waals surface area contributed by atoms with E-state index >= 15 is 0 Å². The summed E-state index contributed by atoms with van der Waals surface area (Å²) >= 11 is 0. The zero-order valence-electron chi connectivity index (χ0n) is 12.3. The number of nitrogens with one attached hydrogen (secondary N) is 1. The minimum absolute atomic E-state index is 0.114. The van der Waals surface area contributed by atoms with E-state index < -0.39 is 5.41 Å². The maximum absolute atomic E-state index is 12.8. The number of aryl methyl sites for hydroxylation is 1. The lowest BCUT2D eigenvalue weighted by Crippen LogP contribution is -2.46. The van der Waals surface area contributed by atoms with Crippen LogP contribution in [0, 0.1) is 23.7 Å². The summed E-state index contributed by atoms with van der Waals surface area (Å²) in [7, 11) is 0. The standard InChI is InChI=1S/C17H21NO2/c1-11-4-6-13(7-5-11)18-15(20)17-9-8-12(10-14(17)19)16(17,2)3/h4-7,12H,8-10H2,1-3H3,(H,18,20). The molecule has 0 spiro atoms. The number of rotatable bonds is 2. The van der Waals surface area contributed by atoms with Gasteiger partial charge in [-0.2, -0.15) is 0 Å². The van der Waals surface area contributed by atoms with Gasteiger partial charge in [0.15, 0.2) is 0 Å². The molecule has 0 saturated heterocycles. The molecule has 3 nitrogen and oxygen atoms in total. The summed E-state index contributed by atoms with van der Waals surface area (Å²) in [4.78, 5) is 25.2. The van der Waals surface area contributed by atoms with Crippen molar-refractivity contribution >= 4 is 17.4 Å². The van der Waals surface area contributed by atoms with Gasteiger partial charge in [0.1, 0.15) is 11.2 Å². The van der Waals surface area contributed by atoms with E-state index in [0.29, 0.717) is 18.8 Å². The Hall–Kier alpha value is -1.64. The molecule has 1 N–H and O–H groups in total. The fourth-order valence-electron chi connectivity index (χ4n) is 4.08. The summed E-state index contributed by atoms with van der Waals surface area (Å²) in [6, 6.07) is 7.71. The molecule has 0 radical (unpaired) electrons. The highest BCUT2D eigenvalue weighted by Crippen LogP contribution is 2.64. The Morgan fingerprint density at radius 1 is 1.25 bits per heavy atom. The number of carbonyl (C=O) groups excluding carboxylic acids is 2. The zero-order chi connectivity index (χ0) is 14.5. The van der Waals surface area contributed by atoms with Crippen molar-refractivity contribution in [3.63, 3.8) is 0 Å². The SMILES string of the molecule is Cc1ccc(NC(=O)C23CCC(CC2=O)C3(C)C)cc1. The normalized spacial score (nSPS) is 30.6. The number of benzene rings is 1. The highest BCUT2D eigenvalue weighted by atomic mass is 16.2. The van der Waals surface area contributed by atoms with Gasteiger partial charge in [0.2, 0.25) is 5.91 Å². The average molecular weight is 271 g/mol. The summed E-state index contributed by atoms with van der Waals surface area (Å²) < 4.78 is 0. The lowest BCUT2D eigenvalue weighted by molar-refractivity contribution is -0.141. The van der Waals surface area contributed by atoms with Gasteiger partial charge in [-0.05, 0) is 43.2 Å².